The normalized spacial score (nSPS) is 14.1. The monoisotopic (exact) mass is 387 g/mol. The van der Waals surface area contributed by atoms with Gasteiger partial charge in [0.05, 0.1) is 10.7 Å². The Labute approximate surface area is 163 Å². The summed E-state index contributed by atoms with van der Waals surface area (Å²) in [4.78, 5) is 28.4. The topological polar surface area (TPSA) is 80.3 Å². The standard InChI is InChI=1S/C20H25N3O3S/c1-14-23-17(13-27-14)12-26-18-8-6-16(7-9-18)20(25)22-11-10-21-19(24)15-4-2-3-5-15/h6-9,13,15H,2-5,10-12H2,1H3,(H,21,24)(H,22,25). The van der Waals surface area contributed by atoms with E-state index in [2.05, 4.69) is 15.6 Å². The maximum Gasteiger partial charge on any atom is 0.251 e. The van der Waals surface area contributed by atoms with Crippen molar-refractivity contribution >= 4 is 23.2 Å². The van der Waals surface area contributed by atoms with Gasteiger partial charge in [-0.05, 0) is 44.0 Å². The number of hydrogen-bond acceptors (Lipinski definition) is 5. The van der Waals surface area contributed by atoms with Crippen molar-refractivity contribution in [1.29, 1.82) is 0 Å². The van der Waals surface area contributed by atoms with Crippen LogP contribution in [0.3, 0.4) is 0 Å². The molecule has 7 heteroatoms. The lowest BCUT2D eigenvalue weighted by Crippen LogP contribution is -2.37. The number of thiazole rings is 1. The molecule has 3 rings (SSSR count). The zero-order valence-corrected chi connectivity index (χ0v) is 16.3. The van der Waals surface area contributed by atoms with Gasteiger partial charge in [-0.2, -0.15) is 0 Å². The lowest BCUT2D eigenvalue weighted by molar-refractivity contribution is -0.124. The van der Waals surface area contributed by atoms with Crippen LogP contribution in [0, 0.1) is 12.8 Å². The van der Waals surface area contributed by atoms with Crippen molar-refractivity contribution in [2.45, 2.75) is 39.2 Å². The van der Waals surface area contributed by atoms with E-state index in [1.165, 1.54) is 0 Å². The van der Waals surface area contributed by atoms with E-state index >= 15 is 0 Å². The number of nitrogens with one attached hydrogen (secondary N) is 2. The summed E-state index contributed by atoms with van der Waals surface area (Å²) in [5, 5.41) is 8.71. The molecule has 0 aliphatic heterocycles. The van der Waals surface area contributed by atoms with Crippen LogP contribution in [-0.2, 0) is 11.4 Å². The molecule has 0 bridgehead atoms. The fourth-order valence-electron chi connectivity index (χ4n) is 3.13. The molecule has 1 saturated carbocycles. The van der Waals surface area contributed by atoms with Crippen LogP contribution in [0.4, 0.5) is 0 Å². The number of hydrogen-bond donors (Lipinski definition) is 2. The van der Waals surface area contributed by atoms with Crippen molar-refractivity contribution in [3.05, 3.63) is 45.9 Å². The van der Waals surface area contributed by atoms with Crippen molar-refractivity contribution in [3.8, 4) is 5.75 Å². The molecular weight excluding hydrogens is 362 g/mol. The summed E-state index contributed by atoms with van der Waals surface area (Å²) in [6, 6.07) is 7.01. The lowest BCUT2D eigenvalue weighted by Gasteiger charge is -2.11. The Morgan fingerprint density at radius 3 is 2.52 bits per heavy atom. The van der Waals surface area contributed by atoms with Crippen LogP contribution < -0.4 is 15.4 Å². The second kappa shape index (κ2) is 9.50. The maximum atomic E-state index is 12.2. The van der Waals surface area contributed by atoms with Crippen LogP contribution in [0.15, 0.2) is 29.6 Å². The van der Waals surface area contributed by atoms with E-state index in [1.54, 1.807) is 35.6 Å². The minimum Gasteiger partial charge on any atom is -0.487 e. The van der Waals surface area contributed by atoms with Crippen molar-refractivity contribution in [2.24, 2.45) is 5.92 Å². The second-order valence-corrected chi connectivity index (χ2v) is 7.76. The Bertz CT molecular complexity index is 767. The third kappa shape index (κ3) is 5.79. The van der Waals surface area contributed by atoms with Gasteiger partial charge in [0.1, 0.15) is 12.4 Å². The minimum absolute atomic E-state index is 0.110. The second-order valence-electron chi connectivity index (χ2n) is 6.70. The SMILES string of the molecule is Cc1nc(COc2ccc(C(=O)NCCNC(=O)C3CCCC3)cc2)cs1. The molecule has 1 fully saturated rings. The number of aryl methyl sites for hydroxylation is 1. The van der Waals surface area contributed by atoms with Gasteiger partial charge >= 0.3 is 0 Å². The van der Waals surface area contributed by atoms with Gasteiger partial charge in [-0.1, -0.05) is 12.8 Å². The Balaban J connectivity index is 1.37. The number of amides is 2. The van der Waals surface area contributed by atoms with Gasteiger partial charge in [-0.25, -0.2) is 4.98 Å². The van der Waals surface area contributed by atoms with E-state index in [1.807, 2.05) is 12.3 Å². The summed E-state index contributed by atoms with van der Waals surface area (Å²) in [7, 11) is 0. The van der Waals surface area contributed by atoms with E-state index < -0.39 is 0 Å². The predicted octanol–water partition coefficient (Wildman–Crippen LogP) is 3.07. The lowest BCUT2D eigenvalue weighted by atomic mass is 10.1. The van der Waals surface area contributed by atoms with Crippen molar-refractivity contribution < 1.29 is 14.3 Å². The zero-order chi connectivity index (χ0) is 19.1. The maximum absolute atomic E-state index is 12.2. The Hall–Kier alpha value is -2.41. The molecule has 1 aliphatic carbocycles. The third-order valence-corrected chi connectivity index (χ3v) is 5.43. The summed E-state index contributed by atoms with van der Waals surface area (Å²) >= 11 is 1.59. The first-order valence-electron chi connectivity index (χ1n) is 9.31. The van der Waals surface area contributed by atoms with Gasteiger partial charge < -0.3 is 15.4 Å². The van der Waals surface area contributed by atoms with Crippen LogP contribution in [0.1, 0.15) is 46.7 Å². The molecule has 1 aromatic carbocycles. The van der Waals surface area contributed by atoms with E-state index in [-0.39, 0.29) is 17.7 Å². The molecule has 0 atom stereocenters. The number of aromatic nitrogens is 1. The molecule has 2 N–H and O–H groups in total. The highest BCUT2D eigenvalue weighted by Crippen LogP contribution is 2.24. The molecule has 0 radical (unpaired) electrons. The molecule has 0 saturated heterocycles. The van der Waals surface area contributed by atoms with Crippen molar-refractivity contribution in [2.75, 3.05) is 13.1 Å². The summed E-state index contributed by atoms with van der Waals surface area (Å²) < 4.78 is 5.68. The van der Waals surface area contributed by atoms with Gasteiger partial charge in [0.2, 0.25) is 5.91 Å². The van der Waals surface area contributed by atoms with Crippen LogP contribution in [0.2, 0.25) is 0 Å². The van der Waals surface area contributed by atoms with Gasteiger partial charge in [0, 0.05) is 30.0 Å². The first-order valence-corrected chi connectivity index (χ1v) is 10.2. The largest absolute Gasteiger partial charge is 0.487 e. The third-order valence-electron chi connectivity index (χ3n) is 4.61. The van der Waals surface area contributed by atoms with E-state index in [4.69, 9.17) is 4.74 Å². The molecule has 1 heterocycles. The molecular formula is C20H25N3O3S. The highest BCUT2D eigenvalue weighted by Gasteiger charge is 2.21. The summed E-state index contributed by atoms with van der Waals surface area (Å²) in [5.41, 5.74) is 1.47. The van der Waals surface area contributed by atoms with Gasteiger partial charge in [-0.3, -0.25) is 9.59 Å². The number of nitrogens with zero attached hydrogens (tertiary/aromatic N) is 1. The van der Waals surface area contributed by atoms with Crippen LogP contribution in [-0.4, -0.2) is 29.9 Å². The van der Waals surface area contributed by atoms with E-state index in [9.17, 15) is 9.59 Å². The number of carbonyl (C=O) groups excluding carboxylic acids is 2. The molecule has 2 amide bonds. The smallest absolute Gasteiger partial charge is 0.251 e. The van der Waals surface area contributed by atoms with Gasteiger partial charge in [0.25, 0.3) is 5.91 Å². The number of rotatable bonds is 8. The average Bonchev–Trinajstić information content (AvgIpc) is 3.35. The van der Waals surface area contributed by atoms with E-state index in [0.717, 1.165) is 36.4 Å². The molecule has 1 aromatic heterocycles. The summed E-state index contributed by atoms with van der Waals surface area (Å²) in [6.45, 7) is 3.24. The molecule has 0 unspecified atom stereocenters. The van der Waals surface area contributed by atoms with Crippen LogP contribution in [0.25, 0.3) is 0 Å². The molecule has 144 valence electrons. The highest BCUT2D eigenvalue weighted by atomic mass is 32.1. The zero-order valence-electron chi connectivity index (χ0n) is 15.5. The minimum atomic E-state index is -0.160. The molecule has 0 spiro atoms. The molecule has 2 aromatic rings. The average molecular weight is 388 g/mol. The summed E-state index contributed by atoms with van der Waals surface area (Å²) in [5.74, 6) is 0.799. The van der Waals surface area contributed by atoms with Crippen molar-refractivity contribution in [3.63, 3.8) is 0 Å². The fraction of sp³-hybridized carbons (Fsp3) is 0.450. The van der Waals surface area contributed by atoms with E-state index in [0.29, 0.717) is 31.0 Å². The van der Waals surface area contributed by atoms with Gasteiger partial charge in [-0.15, -0.1) is 11.3 Å². The van der Waals surface area contributed by atoms with Crippen LogP contribution in [0.5, 0.6) is 5.75 Å². The highest BCUT2D eigenvalue weighted by molar-refractivity contribution is 7.09. The first kappa shape index (κ1) is 19.4. The molecule has 1 aliphatic rings. The molecule has 6 nitrogen and oxygen atoms in total. The quantitative estimate of drug-likeness (QED) is 0.682. The first-order chi connectivity index (χ1) is 13.1. The number of carbonyl (C=O) groups is 2. The van der Waals surface area contributed by atoms with Crippen LogP contribution >= 0.6 is 11.3 Å². The number of ether oxygens (including phenoxy) is 1. The van der Waals surface area contributed by atoms with Crippen molar-refractivity contribution in [1.82, 2.24) is 15.6 Å². The summed E-state index contributed by atoms with van der Waals surface area (Å²) in [6.07, 6.45) is 4.24. The Kier molecular flexibility index (Phi) is 6.81. The van der Waals surface area contributed by atoms with Gasteiger partial charge in [0.15, 0.2) is 0 Å². The molecule has 27 heavy (non-hydrogen) atoms. The number of benzene rings is 1. The fourth-order valence-corrected chi connectivity index (χ4v) is 3.73. The Morgan fingerprint density at radius 2 is 1.85 bits per heavy atom. The predicted molar refractivity (Wildman–Crippen MR) is 105 cm³/mol. The Morgan fingerprint density at radius 1 is 1.15 bits per heavy atom.